The molecule has 0 unspecified atom stereocenters. The van der Waals surface area contributed by atoms with Crippen molar-refractivity contribution < 1.29 is 9.53 Å². The predicted molar refractivity (Wildman–Crippen MR) is 81.5 cm³/mol. The van der Waals surface area contributed by atoms with Gasteiger partial charge in [-0.15, -0.1) is 6.58 Å². The van der Waals surface area contributed by atoms with Gasteiger partial charge in [-0.1, -0.05) is 39.0 Å². The Balaban J connectivity index is 3.01. The fourth-order valence-electron chi connectivity index (χ4n) is 1.85. The van der Waals surface area contributed by atoms with E-state index >= 15 is 0 Å². The topological polar surface area (TPSA) is 64.3 Å². The van der Waals surface area contributed by atoms with Crippen LogP contribution in [0.3, 0.4) is 0 Å². The third kappa shape index (κ3) is 4.10. The molecule has 0 aliphatic rings. The van der Waals surface area contributed by atoms with Gasteiger partial charge in [0.15, 0.2) is 6.61 Å². The van der Waals surface area contributed by atoms with Crippen molar-refractivity contribution in [2.75, 3.05) is 6.61 Å². The highest BCUT2D eigenvalue weighted by Crippen LogP contribution is 2.31. The van der Waals surface area contributed by atoms with Crippen LogP contribution in [0.15, 0.2) is 30.9 Å². The molecule has 1 rings (SSSR count). The van der Waals surface area contributed by atoms with E-state index in [-0.39, 0.29) is 17.9 Å². The second-order valence-electron chi connectivity index (χ2n) is 5.41. The van der Waals surface area contributed by atoms with Crippen molar-refractivity contribution in [1.82, 2.24) is 5.43 Å². The van der Waals surface area contributed by atoms with E-state index in [0.717, 1.165) is 12.0 Å². The van der Waals surface area contributed by atoms with Crippen LogP contribution in [0.4, 0.5) is 0 Å². The van der Waals surface area contributed by atoms with Crippen LogP contribution in [0, 0.1) is 0 Å². The monoisotopic (exact) mass is 276 g/mol. The Morgan fingerprint density at radius 2 is 2.20 bits per heavy atom. The lowest BCUT2D eigenvalue weighted by Gasteiger charge is -2.24. The summed E-state index contributed by atoms with van der Waals surface area (Å²) in [6.45, 7) is 10.3. The average Bonchev–Trinajstić information content (AvgIpc) is 2.45. The second-order valence-corrected chi connectivity index (χ2v) is 5.41. The minimum atomic E-state index is -0.354. The third-order valence-corrected chi connectivity index (χ3v) is 3.61. The first kappa shape index (κ1) is 16.2. The van der Waals surface area contributed by atoms with Crippen molar-refractivity contribution in [1.29, 1.82) is 0 Å². The molecule has 0 atom stereocenters. The standard InChI is InChI=1S/C16H24N2O2/c1-5-7-12-10-13(16(3,4)6-2)8-9-14(12)20-11-15(19)18-17/h5,8-10H,1,6-7,11,17H2,2-4H3,(H,18,19). The Morgan fingerprint density at radius 3 is 2.75 bits per heavy atom. The van der Waals surface area contributed by atoms with Gasteiger partial charge in [-0.05, 0) is 35.4 Å². The van der Waals surface area contributed by atoms with E-state index in [1.54, 1.807) is 0 Å². The fraction of sp³-hybridized carbons (Fsp3) is 0.438. The lowest BCUT2D eigenvalue weighted by molar-refractivity contribution is -0.123. The van der Waals surface area contributed by atoms with E-state index in [1.807, 2.05) is 23.6 Å². The zero-order chi connectivity index (χ0) is 15.2. The van der Waals surface area contributed by atoms with Crippen molar-refractivity contribution in [2.24, 2.45) is 5.84 Å². The SMILES string of the molecule is C=CCc1cc(C(C)(C)CC)ccc1OCC(=O)NN. The quantitative estimate of drug-likeness (QED) is 0.348. The number of ether oxygens (including phenoxy) is 1. The summed E-state index contributed by atoms with van der Waals surface area (Å²) in [6, 6.07) is 6.09. The van der Waals surface area contributed by atoms with Crippen molar-refractivity contribution >= 4 is 5.91 Å². The highest BCUT2D eigenvalue weighted by Gasteiger charge is 2.19. The average molecular weight is 276 g/mol. The first-order chi connectivity index (χ1) is 9.44. The molecule has 0 aromatic heterocycles. The Hall–Kier alpha value is -1.81. The van der Waals surface area contributed by atoms with Crippen LogP contribution >= 0.6 is 0 Å². The molecular formula is C16H24N2O2. The highest BCUT2D eigenvalue weighted by molar-refractivity contribution is 5.76. The van der Waals surface area contributed by atoms with Crippen molar-refractivity contribution in [3.63, 3.8) is 0 Å². The number of amides is 1. The second kappa shape index (κ2) is 7.10. The van der Waals surface area contributed by atoms with E-state index in [0.29, 0.717) is 12.2 Å². The number of carbonyl (C=O) groups is 1. The Bertz CT molecular complexity index is 481. The van der Waals surface area contributed by atoms with Gasteiger partial charge in [0.25, 0.3) is 5.91 Å². The summed E-state index contributed by atoms with van der Waals surface area (Å²) < 4.78 is 5.50. The Morgan fingerprint density at radius 1 is 1.50 bits per heavy atom. The number of nitrogens with two attached hydrogens (primary N) is 1. The highest BCUT2D eigenvalue weighted by atomic mass is 16.5. The normalized spacial score (nSPS) is 11.0. The first-order valence-electron chi connectivity index (χ1n) is 6.81. The molecule has 1 amide bonds. The number of hydrogen-bond acceptors (Lipinski definition) is 3. The molecule has 0 fully saturated rings. The van der Waals surface area contributed by atoms with Gasteiger partial charge in [-0.2, -0.15) is 0 Å². The maximum Gasteiger partial charge on any atom is 0.271 e. The summed E-state index contributed by atoms with van der Waals surface area (Å²) in [6.07, 6.45) is 3.58. The van der Waals surface area contributed by atoms with Crippen LogP contribution in [0.1, 0.15) is 38.3 Å². The van der Waals surface area contributed by atoms with Gasteiger partial charge in [0, 0.05) is 0 Å². The minimum Gasteiger partial charge on any atom is -0.483 e. The minimum absolute atomic E-state index is 0.0862. The number of hydrazine groups is 1. The number of carbonyl (C=O) groups excluding carboxylic acids is 1. The molecule has 4 nitrogen and oxygen atoms in total. The Labute approximate surface area is 121 Å². The van der Waals surface area contributed by atoms with Crippen molar-refractivity contribution in [3.05, 3.63) is 42.0 Å². The zero-order valence-electron chi connectivity index (χ0n) is 12.5. The first-order valence-corrected chi connectivity index (χ1v) is 6.81. The lowest BCUT2D eigenvalue weighted by atomic mass is 9.81. The number of nitrogens with one attached hydrogen (secondary N) is 1. The van der Waals surface area contributed by atoms with Gasteiger partial charge in [0.1, 0.15) is 5.75 Å². The van der Waals surface area contributed by atoms with E-state index in [1.165, 1.54) is 5.56 Å². The molecule has 0 radical (unpaired) electrons. The van der Waals surface area contributed by atoms with Gasteiger partial charge in [-0.3, -0.25) is 10.2 Å². The molecule has 0 saturated heterocycles. The summed E-state index contributed by atoms with van der Waals surface area (Å²) in [5.41, 5.74) is 4.45. The maximum absolute atomic E-state index is 11.1. The number of allylic oxidation sites excluding steroid dienone is 1. The van der Waals surface area contributed by atoms with Crippen LogP contribution in [0.5, 0.6) is 5.75 Å². The summed E-state index contributed by atoms with van der Waals surface area (Å²) >= 11 is 0. The van der Waals surface area contributed by atoms with Gasteiger partial charge in [0.2, 0.25) is 0 Å². The zero-order valence-corrected chi connectivity index (χ0v) is 12.5. The van der Waals surface area contributed by atoms with Gasteiger partial charge in [0.05, 0.1) is 0 Å². The molecule has 0 aliphatic heterocycles. The van der Waals surface area contributed by atoms with Gasteiger partial charge < -0.3 is 4.74 Å². The molecule has 3 N–H and O–H groups in total. The maximum atomic E-state index is 11.1. The molecule has 0 aliphatic carbocycles. The van der Waals surface area contributed by atoms with Crippen molar-refractivity contribution in [3.8, 4) is 5.75 Å². The molecule has 20 heavy (non-hydrogen) atoms. The molecule has 4 heteroatoms. The van der Waals surface area contributed by atoms with E-state index in [9.17, 15) is 4.79 Å². The van der Waals surface area contributed by atoms with Gasteiger partial charge >= 0.3 is 0 Å². The van der Waals surface area contributed by atoms with Crippen LogP contribution in [0.2, 0.25) is 0 Å². The number of benzene rings is 1. The summed E-state index contributed by atoms with van der Waals surface area (Å²) in [7, 11) is 0. The van der Waals surface area contributed by atoms with Crippen LogP contribution in [-0.2, 0) is 16.6 Å². The predicted octanol–water partition coefficient (Wildman–Crippen LogP) is 2.47. The molecule has 0 saturated carbocycles. The van der Waals surface area contributed by atoms with Gasteiger partial charge in [-0.25, -0.2) is 5.84 Å². The molecular weight excluding hydrogens is 252 g/mol. The van der Waals surface area contributed by atoms with E-state index in [4.69, 9.17) is 10.6 Å². The van der Waals surface area contributed by atoms with Crippen LogP contribution < -0.4 is 16.0 Å². The molecule has 1 aromatic carbocycles. The van der Waals surface area contributed by atoms with Crippen LogP contribution in [-0.4, -0.2) is 12.5 Å². The lowest BCUT2D eigenvalue weighted by Crippen LogP contribution is -2.34. The summed E-state index contributed by atoms with van der Waals surface area (Å²) in [4.78, 5) is 11.1. The van der Waals surface area contributed by atoms with E-state index in [2.05, 4.69) is 33.4 Å². The number of rotatable bonds is 7. The molecule has 1 aromatic rings. The molecule has 0 bridgehead atoms. The largest absolute Gasteiger partial charge is 0.483 e. The van der Waals surface area contributed by atoms with Crippen molar-refractivity contribution in [2.45, 2.75) is 39.0 Å². The molecule has 110 valence electrons. The summed E-state index contributed by atoms with van der Waals surface area (Å²) in [5, 5.41) is 0. The van der Waals surface area contributed by atoms with Crippen LogP contribution in [0.25, 0.3) is 0 Å². The molecule has 0 spiro atoms. The smallest absolute Gasteiger partial charge is 0.271 e. The number of hydrogen-bond donors (Lipinski definition) is 2. The molecule has 0 heterocycles. The third-order valence-electron chi connectivity index (χ3n) is 3.61. The Kier molecular flexibility index (Phi) is 5.77. The fourth-order valence-corrected chi connectivity index (χ4v) is 1.85. The summed E-state index contributed by atoms with van der Waals surface area (Å²) in [5.74, 6) is 5.38. The van der Waals surface area contributed by atoms with E-state index < -0.39 is 0 Å².